The fraction of sp³-hybridized carbons (Fsp3) is 0.318. The summed E-state index contributed by atoms with van der Waals surface area (Å²) in [7, 11) is 0. The molecule has 5 nitrogen and oxygen atoms in total. The Morgan fingerprint density at radius 3 is 2.50 bits per heavy atom. The van der Waals surface area contributed by atoms with E-state index in [2.05, 4.69) is 15.4 Å². The summed E-state index contributed by atoms with van der Waals surface area (Å²) in [4.78, 5) is 17.0. The van der Waals surface area contributed by atoms with Gasteiger partial charge in [0.1, 0.15) is 5.82 Å². The highest BCUT2D eigenvalue weighted by molar-refractivity contribution is 5.93. The molecule has 0 unspecified atom stereocenters. The molecule has 0 aliphatic heterocycles. The van der Waals surface area contributed by atoms with E-state index in [4.69, 9.17) is 0 Å². The molecule has 4 rings (SSSR count). The van der Waals surface area contributed by atoms with Crippen LogP contribution in [0.2, 0.25) is 0 Å². The van der Waals surface area contributed by atoms with Crippen LogP contribution >= 0.6 is 0 Å². The van der Waals surface area contributed by atoms with Gasteiger partial charge in [-0.05, 0) is 55.3 Å². The zero-order valence-corrected chi connectivity index (χ0v) is 15.6. The first-order valence-corrected chi connectivity index (χ1v) is 9.78. The van der Waals surface area contributed by atoms with Crippen molar-refractivity contribution in [1.82, 2.24) is 20.1 Å². The number of hydrogen-bond donors (Lipinski definition) is 1. The van der Waals surface area contributed by atoms with E-state index in [0.29, 0.717) is 11.4 Å². The summed E-state index contributed by atoms with van der Waals surface area (Å²) in [6, 6.07) is 11.8. The fourth-order valence-electron chi connectivity index (χ4n) is 3.67. The maximum Gasteiger partial charge on any atom is 0.272 e. The standard InChI is InChI=1S/C22H23FN4O/c23-17-9-11-19(12-10-17)27-21(16-6-5-13-24-15-16)14-20(26-27)22(28)25-18-7-3-1-2-4-8-18/h5-6,9-15,18H,1-4,7-8H2,(H,25,28). The van der Waals surface area contributed by atoms with E-state index in [9.17, 15) is 9.18 Å². The van der Waals surface area contributed by atoms with Gasteiger partial charge in [-0.3, -0.25) is 9.78 Å². The van der Waals surface area contributed by atoms with Crippen LogP contribution in [0.3, 0.4) is 0 Å². The van der Waals surface area contributed by atoms with Crippen molar-refractivity contribution in [2.75, 3.05) is 0 Å². The highest BCUT2D eigenvalue weighted by Crippen LogP contribution is 2.24. The van der Waals surface area contributed by atoms with Crippen molar-refractivity contribution in [2.24, 2.45) is 0 Å². The second kappa shape index (κ2) is 8.33. The second-order valence-corrected chi connectivity index (χ2v) is 7.21. The van der Waals surface area contributed by atoms with Gasteiger partial charge in [-0.1, -0.05) is 25.7 Å². The van der Waals surface area contributed by atoms with Crippen LogP contribution in [0.4, 0.5) is 4.39 Å². The number of carbonyl (C=O) groups excluding carboxylic acids is 1. The Labute approximate surface area is 163 Å². The Hall–Kier alpha value is -3.02. The summed E-state index contributed by atoms with van der Waals surface area (Å²) in [6.07, 6.45) is 10.2. The number of nitrogens with one attached hydrogen (secondary N) is 1. The Morgan fingerprint density at radius 2 is 1.82 bits per heavy atom. The van der Waals surface area contributed by atoms with E-state index >= 15 is 0 Å². The van der Waals surface area contributed by atoms with E-state index in [0.717, 1.165) is 36.9 Å². The number of carbonyl (C=O) groups is 1. The minimum absolute atomic E-state index is 0.169. The topological polar surface area (TPSA) is 59.8 Å². The maximum absolute atomic E-state index is 13.3. The number of pyridine rings is 1. The minimum Gasteiger partial charge on any atom is -0.348 e. The molecule has 3 aromatic rings. The van der Waals surface area contributed by atoms with Crippen molar-refractivity contribution in [3.05, 3.63) is 66.4 Å². The van der Waals surface area contributed by atoms with Crippen LogP contribution in [0.1, 0.15) is 49.0 Å². The van der Waals surface area contributed by atoms with E-state index in [1.54, 1.807) is 35.3 Å². The van der Waals surface area contributed by atoms with Gasteiger partial charge in [-0.15, -0.1) is 0 Å². The van der Waals surface area contributed by atoms with Crippen LogP contribution in [0.25, 0.3) is 16.9 Å². The van der Waals surface area contributed by atoms with E-state index in [1.807, 2.05) is 12.1 Å². The van der Waals surface area contributed by atoms with Crippen molar-refractivity contribution < 1.29 is 9.18 Å². The molecule has 1 N–H and O–H groups in total. The largest absolute Gasteiger partial charge is 0.348 e. The molecule has 6 heteroatoms. The lowest BCUT2D eigenvalue weighted by Gasteiger charge is -2.15. The van der Waals surface area contributed by atoms with Gasteiger partial charge < -0.3 is 5.32 Å². The van der Waals surface area contributed by atoms with Gasteiger partial charge in [0.25, 0.3) is 5.91 Å². The molecule has 2 aromatic heterocycles. The smallest absolute Gasteiger partial charge is 0.272 e. The molecule has 1 aliphatic carbocycles. The second-order valence-electron chi connectivity index (χ2n) is 7.21. The van der Waals surface area contributed by atoms with E-state index in [-0.39, 0.29) is 17.8 Å². The van der Waals surface area contributed by atoms with Gasteiger partial charge in [-0.2, -0.15) is 5.10 Å². The summed E-state index contributed by atoms with van der Waals surface area (Å²) in [5.74, 6) is -0.483. The molecule has 1 saturated carbocycles. The van der Waals surface area contributed by atoms with E-state index in [1.165, 1.54) is 25.0 Å². The molecule has 0 saturated heterocycles. The van der Waals surface area contributed by atoms with Gasteiger partial charge in [-0.25, -0.2) is 9.07 Å². The third-order valence-corrected chi connectivity index (χ3v) is 5.16. The van der Waals surface area contributed by atoms with Gasteiger partial charge in [0, 0.05) is 24.0 Å². The fourth-order valence-corrected chi connectivity index (χ4v) is 3.67. The third kappa shape index (κ3) is 4.11. The van der Waals surface area contributed by atoms with Crippen molar-refractivity contribution in [3.8, 4) is 16.9 Å². The lowest BCUT2D eigenvalue weighted by atomic mass is 10.1. The van der Waals surface area contributed by atoms with Crippen molar-refractivity contribution >= 4 is 5.91 Å². The normalized spacial score (nSPS) is 15.2. The first-order chi connectivity index (χ1) is 13.7. The number of rotatable bonds is 4. The third-order valence-electron chi connectivity index (χ3n) is 5.16. The average molecular weight is 378 g/mol. The Bertz CT molecular complexity index is 929. The van der Waals surface area contributed by atoms with Crippen LogP contribution in [0, 0.1) is 5.82 Å². The van der Waals surface area contributed by atoms with Gasteiger partial charge in [0.05, 0.1) is 11.4 Å². The van der Waals surface area contributed by atoms with Gasteiger partial charge in [0.15, 0.2) is 5.69 Å². The quantitative estimate of drug-likeness (QED) is 0.679. The molecular weight excluding hydrogens is 355 g/mol. The van der Waals surface area contributed by atoms with Gasteiger partial charge in [0.2, 0.25) is 0 Å². The molecule has 1 fully saturated rings. The number of nitrogens with zero attached hydrogens (tertiary/aromatic N) is 3. The van der Waals surface area contributed by atoms with E-state index < -0.39 is 0 Å². The van der Waals surface area contributed by atoms with Crippen LogP contribution < -0.4 is 5.32 Å². The van der Waals surface area contributed by atoms with Crippen LogP contribution in [-0.4, -0.2) is 26.7 Å². The summed E-state index contributed by atoms with van der Waals surface area (Å²) < 4.78 is 15.0. The molecule has 0 spiro atoms. The minimum atomic E-state index is -0.315. The number of amides is 1. The average Bonchev–Trinajstić information content (AvgIpc) is 3.01. The highest BCUT2D eigenvalue weighted by Gasteiger charge is 2.20. The predicted molar refractivity (Wildman–Crippen MR) is 106 cm³/mol. The first kappa shape index (κ1) is 18.3. The summed E-state index contributed by atoms with van der Waals surface area (Å²) in [5, 5.41) is 7.67. The molecular formula is C22H23FN4O. The SMILES string of the molecule is O=C(NC1CCCCCC1)c1cc(-c2cccnc2)n(-c2ccc(F)cc2)n1. The van der Waals surface area contributed by atoms with Crippen molar-refractivity contribution in [3.63, 3.8) is 0 Å². The predicted octanol–water partition coefficient (Wildman–Crippen LogP) is 4.53. The summed E-state index contributed by atoms with van der Waals surface area (Å²) in [5.41, 5.74) is 2.62. The zero-order valence-electron chi connectivity index (χ0n) is 15.6. The number of aromatic nitrogens is 3. The summed E-state index contributed by atoms with van der Waals surface area (Å²) >= 11 is 0. The molecule has 28 heavy (non-hydrogen) atoms. The molecule has 1 aromatic carbocycles. The van der Waals surface area contributed by atoms with Crippen LogP contribution in [0.15, 0.2) is 54.9 Å². The van der Waals surface area contributed by atoms with Crippen LogP contribution in [-0.2, 0) is 0 Å². The maximum atomic E-state index is 13.3. The molecule has 1 amide bonds. The Balaban J connectivity index is 1.66. The summed E-state index contributed by atoms with van der Waals surface area (Å²) in [6.45, 7) is 0. The van der Waals surface area contributed by atoms with Crippen LogP contribution in [0.5, 0.6) is 0 Å². The number of halogens is 1. The monoisotopic (exact) mass is 378 g/mol. The van der Waals surface area contributed by atoms with Gasteiger partial charge >= 0.3 is 0 Å². The Morgan fingerprint density at radius 1 is 1.07 bits per heavy atom. The highest BCUT2D eigenvalue weighted by atomic mass is 19.1. The zero-order chi connectivity index (χ0) is 19.3. The molecule has 0 radical (unpaired) electrons. The molecule has 2 heterocycles. The molecule has 0 bridgehead atoms. The number of benzene rings is 1. The molecule has 1 aliphatic rings. The first-order valence-electron chi connectivity index (χ1n) is 9.78. The Kier molecular flexibility index (Phi) is 5.46. The molecule has 144 valence electrons. The van der Waals surface area contributed by atoms with Crippen molar-refractivity contribution in [2.45, 2.75) is 44.6 Å². The molecule has 0 atom stereocenters. The van der Waals surface area contributed by atoms with Crippen molar-refractivity contribution in [1.29, 1.82) is 0 Å². The number of hydrogen-bond acceptors (Lipinski definition) is 3. The lowest BCUT2D eigenvalue weighted by molar-refractivity contribution is 0.0928. The lowest BCUT2D eigenvalue weighted by Crippen LogP contribution is -2.34.